The number of aromatic nitrogens is 2. The van der Waals surface area contributed by atoms with Crippen molar-refractivity contribution in [3.05, 3.63) is 101 Å². The van der Waals surface area contributed by atoms with Crippen LogP contribution in [-0.4, -0.2) is 16.7 Å². The molecule has 0 bridgehead atoms. The van der Waals surface area contributed by atoms with Gasteiger partial charge in [0.25, 0.3) is 0 Å². The maximum absolute atomic E-state index is 6.22. The van der Waals surface area contributed by atoms with E-state index in [0.29, 0.717) is 23.3 Å². The monoisotopic (exact) mass is 483 g/mol. The normalized spacial score (nSPS) is 11.0. The number of anilines is 2. The number of halogens is 1. The van der Waals surface area contributed by atoms with Crippen LogP contribution in [0.15, 0.2) is 84.9 Å². The van der Waals surface area contributed by atoms with Crippen LogP contribution in [0.2, 0.25) is 5.02 Å². The topological polar surface area (TPSA) is 48.3 Å². The Morgan fingerprint density at radius 1 is 0.943 bits per heavy atom. The number of hydrogen-bond acceptors (Lipinski definition) is 4. The summed E-state index contributed by atoms with van der Waals surface area (Å²) >= 11 is 6.22. The summed E-state index contributed by atoms with van der Waals surface area (Å²) in [6.07, 6.45) is 0. The van der Waals surface area contributed by atoms with Gasteiger partial charge in [0.15, 0.2) is 0 Å². The van der Waals surface area contributed by atoms with Gasteiger partial charge in [-0.15, -0.1) is 0 Å². The van der Waals surface area contributed by atoms with Crippen molar-refractivity contribution in [3.63, 3.8) is 0 Å². The molecule has 4 aromatic carbocycles. The van der Waals surface area contributed by atoms with Gasteiger partial charge in [-0.25, -0.2) is 4.98 Å². The van der Waals surface area contributed by atoms with E-state index in [1.54, 1.807) is 13.2 Å². The number of nitrogens with one attached hydrogen (secondary N) is 1. The Labute approximate surface area is 209 Å². The fraction of sp³-hybridized carbons (Fsp3) is 0.138. The molecule has 0 radical (unpaired) electrons. The molecule has 5 rings (SSSR count). The molecular weight excluding hydrogens is 458 g/mol. The van der Waals surface area contributed by atoms with Gasteiger partial charge in [0, 0.05) is 23.7 Å². The van der Waals surface area contributed by atoms with Crippen LogP contribution < -0.4 is 14.8 Å². The number of aryl methyl sites for hydroxylation is 2. The number of imidazole rings is 1. The first-order valence-corrected chi connectivity index (χ1v) is 11.7. The zero-order valence-corrected chi connectivity index (χ0v) is 20.6. The van der Waals surface area contributed by atoms with Crippen LogP contribution in [0.4, 0.5) is 11.6 Å². The molecule has 0 aliphatic carbocycles. The predicted octanol–water partition coefficient (Wildman–Crippen LogP) is 7.53. The predicted molar refractivity (Wildman–Crippen MR) is 143 cm³/mol. The first kappa shape index (κ1) is 22.8. The Balaban J connectivity index is 1.49. The molecule has 6 heteroatoms. The van der Waals surface area contributed by atoms with Gasteiger partial charge >= 0.3 is 0 Å². The van der Waals surface area contributed by atoms with Crippen LogP contribution in [0.25, 0.3) is 22.2 Å². The van der Waals surface area contributed by atoms with E-state index in [-0.39, 0.29) is 0 Å². The van der Waals surface area contributed by atoms with Crippen molar-refractivity contribution in [1.82, 2.24) is 9.55 Å². The lowest BCUT2D eigenvalue weighted by molar-refractivity contribution is 0.306. The number of benzene rings is 4. The van der Waals surface area contributed by atoms with Crippen molar-refractivity contribution >= 4 is 34.3 Å². The standard InChI is InChI=1S/C29H26ClN3O2/c1-19-15-22(30)17-26(34-3)27(19)32-29-31-25-14-8-13-24(28(25)33(29)2)21-11-7-12-23(16-21)35-18-20-9-5-4-6-10-20/h4-17H,18H2,1-3H3,(H,31,32). The molecule has 0 atom stereocenters. The number of nitrogens with zero attached hydrogens (tertiary/aromatic N) is 2. The summed E-state index contributed by atoms with van der Waals surface area (Å²) in [4.78, 5) is 4.86. The first-order chi connectivity index (χ1) is 17.0. The van der Waals surface area contributed by atoms with Crippen LogP contribution in [0.5, 0.6) is 11.5 Å². The van der Waals surface area contributed by atoms with E-state index in [9.17, 15) is 0 Å². The SMILES string of the molecule is COc1cc(Cl)cc(C)c1Nc1nc2cccc(-c3cccc(OCc4ccccc4)c3)c2n1C. The molecule has 0 amide bonds. The lowest BCUT2D eigenvalue weighted by Gasteiger charge is -2.14. The summed E-state index contributed by atoms with van der Waals surface area (Å²) in [6.45, 7) is 2.52. The van der Waals surface area contributed by atoms with Crippen LogP contribution in [-0.2, 0) is 13.7 Å². The third-order valence-corrected chi connectivity index (χ3v) is 6.23. The van der Waals surface area contributed by atoms with Crippen molar-refractivity contribution in [2.45, 2.75) is 13.5 Å². The second-order valence-corrected chi connectivity index (χ2v) is 8.83. The van der Waals surface area contributed by atoms with Crippen LogP contribution in [0, 0.1) is 6.92 Å². The summed E-state index contributed by atoms with van der Waals surface area (Å²) in [5.74, 6) is 2.21. The van der Waals surface area contributed by atoms with E-state index in [4.69, 9.17) is 26.1 Å². The van der Waals surface area contributed by atoms with Crippen molar-refractivity contribution in [1.29, 1.82) is 0 Å². The summed E-state index contributed by atoms with van der Waals surface area (Å²) in [7, 11) is 3.64. The van der Waals surface area contributed by atoms with E-state index >= 15 is 0 Å². The molecule has 5 aromatic rings. The van der Waals surface area contributed by atoms with Gasteiger partial charge in [-0.2, -0.15) is 0 Å². The number of methoxy groups -OCH3 is 1. The molecule has 0 aliphatic heterocycles. The maximum Gasteiger partial charge on any atom is 0.208 e. The van der Waals surface area contributed by atoms with Crippen molar-refractivity contribution in [3.8, 4) is 22.6 Å². The van der Waals surface area contributed by atoms with Gasteiger partial charge in [-0.1, -0.05) is 66.2 Å². The third-order valence-electron chi connectivity index (χ3n) is 6.01. The minimum absolute atomic E-state index is 0.524. The first-order valence-electron chi connectivity index (χ1n) is 11.4. The van der Waals surface area contributed by atoms with Crippen molar-refractivity contribution in [2.75, 3.05) is 12.4 Å². The molecule has 176 valence electrons. The summed E-state index contributed by atoms with van der Waals surface area (Å²) in [6, 6.07) is 28.2. The molecule has 0 saturated carbocycles. The molecule has 0 spiro atoms. The maximum atomic E-state index is 6.22. The zero-order chi connectivity index (χ0) is 24.4. The third kappa shape index (κ3) is 4.68. The number of hydrogen-bond donors (Lipinski definition) is 1. The minimum Gasteiger partial charge on any atom is -0.495 e. The van der Waals surface area contributed by atoms with Gasteiger partial charge in [0.1, 0.15) is 18.1 Å². The Kier molecular flexibility index (Phi) is 6.34. The molecule has 0 fully saturated rings. The van der Waals surface area contributed by atoms with E-state index in [0.717, 1.165) is 44.7 Å². The molecule has 0 saturated heterocycles. The van der Waals surface area contributed by atoms with E-state index in [1.165, 1.54) is 0 Å². The Morgan fingerprint density at radius 2 is 1.74 bits per heavy atom. The lowest BCUT2D eigenvalue weighted by atomic mass is 10.0. The molecule has 35 heavy (non-hydrogen) atoms. The van der Waals surface area contributed by atoms with Crippen molar-refractivity contribution < 1.29 is 9.47 Å². The molecule has 0 unspecified atom stereocenters. The number of rotatable bonds is 7. The van der Waals surface area contributed by atoms with Crippen LogP contribution >= 0.6 is 11.6 Å². The summed E-state index contributed by atoms with van der Waals surface area (Å²) < 4.78 is 13.7. The highest BCUT2D eigenvalue weighted by Gasteiger charge is 2.16. The average Bonchev–Trinajstić information content (AvgIpc) is 3.20. The molecule has 5 nitrogen and oxygen atoms in total. The highest BCUT2D eigenvalue weighted by atomic mass is 35.5. The van der Waals surface area contributed by atoms with Crippen molar-refractivity contribution in [2.24, 2.45) is 7.05 Å². The van der Waals surface area contributed by atoms with Gasteiger partial charge in [0.2, 0.25) is 5.95 Å². The van der Waals surface area contributed by atoms with Gasteiger partial charge < -0.3 is 19.4 Å². The molecule has 1 heterocycles. The summed E-state index contributed by atoms with van der Waals surface area (Å²) in [5, 5.41) is 4.08. The molecule has 1 N–H and O–H groups in total. The fourth-order valence-corrected chi connectivity index (χ4v) is 4.52. The number of ether oxygens (including phenoxy) is 2. The second kappa shape index (κ2) is 9.72. The largest absolute Gasteiger partial charge is 0.495 e. The Bertz CT molecular complexity index is 1500. The van der Waals surface area contributed by atoms with Gasteiger partial charge in [-0.3, -0.25) is 0 Å². The van der Waals surface area contributed by atoms with Crippen LogP contribution in [0.3, 0.4) is 0 Å². The van der Waals surface area contributed by atoms with Gasteiger partial charge in [0.05, 0.1) is 23.8 Å². The average molecular weight is 484 g/mol. The number of fused-ring (bicyclic) bond motifs is 1. The zero-order valence-electron chi connectivity index (χ0n) is 19.9. The highest BCUT2D eigenvalue weighted by molar-refractivity contribution is 6.31. The Morgan fingerprint density at radius 3 is 2.54 bits per heavy atom. The lowest BCUT2D eigenvalue weighted by Crippen LogP contribution is -2.03. The Hall–Kier alpha value is -3.96. The fourth-order valence-electron chi connectivity index (χ4n) is 4.25. The van der Waals surface area contributed by atoms with Crippen LogP contribution in [0.1, 0.15) is 11.1 Å². The minimum atomic E-state index is 0.524. The van der Waals surface area contributed by atoms with E-state index in [2.05, 4.69) is 40.2 Å². The second-order valence-electron chi connectivity index (χ2n) is 8.39. The van der Waals surface area contributed by atoms with E-state index < -0.39 is 0 Å². The molecular formula is C29H26ClN3O2. The quantitative estimate of drug-likeness (QED) is 0.260. The van der Waals surface area contributed by atoms with E-state index in [1.807, 2.05) is 62.5 Å². The number of para-hydroxylation sites is 1. The highest BCUT2D eigenvalue weighted by Crippen LogP contribution is 2.36. The summed E-state index contributed by atoms with van der Waals surface area (Å²) in [5.41, 5.74) is 7.02. The molecule has 0 aliphatic rings. The molecule has 1 aromatic heterocycles. The van der Waals surface area contributed by atoms with Gasteiger partial charge in [-0.05, 0) is 47.9 Å². The smallest absolute Gasteiger partial charge is 0.208 e.